The molecular formula is C31H35N5O5S. The Kier molecular flexibility index (Phi) is 9.16. The van der Waals surface area contributed by atoms with Crippen molar-refractivity contribution in [2.24, 2.45) is 5.92 Å². The Morgan fingerprint density at radius 2 is 1.69 bits per heavy atom. The molecule has 0 radical (unpaired) electrons. The number of aromatic nitrogens is 4. The van der Waals surface area contributed by atoms with Crippen molar-refractivity contribution < 1.29 is 22.6 Å². The number of ether oxygens (including phenoxy) is 3. The first-order valence-electron chi connectivity index (χ1n) is 14.1. The second-order valence-electron chi connectivity index (χ2n) is 10.5. The SMILES string of the molecule is COc1ccccc1Oc1c(NS(=O)(=O)c2ccc(C(C)C)cn2)nc(-c2ccncc2)nc1OCC1CCCCC1. The number of anilines is 1. The minimum atomic E-state index is -4.17. The van der Waals surface area contributed by atoms with E-state index in [1.807, 2.05) is 19.9 Å². The van der Waals surface area contributed by atoms with Crippen molar-refractivity contribution in [3.8, 4) is 34.5 Å². The molecule has 0 atom stereocenters. The van der Waals surface area contributed by atoms with Gasteiger partial charge in [-0.05, 0) is 60.6 Å². The average molecular weight is 590 g/mol. The lowest BCUT2D eigenvalue weighted by Crippen LogP contribution is -2.19. The second kappa shape index (κ2) is 13.2. The van der Waals surface area contributed by atoms with Gasteiger partial charge in [0.25, 0.3) is 15.9 Å². The molecule has 1 aliphatic rings. The van der Waals surface area contributed by atoms with E-state index >= 15 is 0 Å². The Balaban J connectivity index is 1.61. The van der Waals surface area contributed by atoms with Gasteiger partial charge in [0, 0.05) is 24.2 Å². The number of pyridine rings is 2. The van der Waals surface area contributed by atoms with Crippen LogP contribution in [-0.2, 0) is 10.0 Å². The van der Waals surface area contributed by atoms with Crippen molar-refractivity contribution in [1.29, 1.82) is 0 Å². The molecule has 0 spiro atoms. The Hall–Kier alpha value is -4.25. The maximum atomic E-state index is 13.6. The standard InChI is InChI=1S/C31H35N5O5S/c1-21(2)24-13-14-27(33-19-24)42(37,38)36-30-28(41-26-12-8-7-11-25(26)39-3)31(40-20-22-9-5-4-6-10-22)35-29(34-30)23-15-17-32-18-16-23/h7-8,11-19,21-22H,4-6,9-10,20H2,1-3H3,(H,34,35,36). The maximum absolute atomic E-state index is 13.6. The first-order chi connectivity index (χ1) is 20.3. The smallest absolute Gasteiger partial charge is 0.280 e. The Morgan fingerprint density at radius 3 is 2.36 bits per heavy atom. The quantitative estimate of drug-likeness (QED) is 0.205. The normalized spacial score (nSPS) is 14.0. The monoisotopic (exact) mass is 589 g/mol. The lowest BCUT2D eigenvalue weighted by Gasteiger charge is -2.23. The lowest BCUT2D eigenvalue weighted by atomic mass is 9.90. The van der Waals surface area contributed by atoms with Gasteiger partial charge in [-0.25, -0.2) is 9.97 Å². The summed E-state index contributed by atoms with van der Waals surface area (Å²) in [5, 5.41) is -0.149. The summed E-state index contributed by atoms with van der Waals surface area (Å²) in [6, 6.07) is 13.8. The van der Waals surface area contributed by atoms with Gasteiger partial charge in [-0.2, -0.15) is 13.4 Å². The van der Waals surface area contributed by atoms with Crippen molar-refractivity contribution in [2.45, 2.75) is 56.9 Å². The number of nitrogens with zero attached hydrogens (tertiary/aromatic N) is 4. The molecule has 0 aliphatic heterocycles. The molecule has 0 unspecified atom stereocenters. The van der Waals surface area contributed by atoms with Crippen LogP contribution in [0.1, 0.15) is 57.4 Å². The van der Waals surface area contributed by atoms with E-state index < -0.39 is 10.0 Å². The number of para-hydroxylation sites is 2. The van der Waals surface area contributed by atoms with Gasteiger partial charge in [0.15, 0.2) is 28.2 Å². The fourth-order valence-corrected chi connectivity index (χ4v) is 5.69. The number of nitrogens with one attached hydrogen (secondary N) is 1. The Bertz CT molecular complexity index is 1590. The van der Waals surface area contributed by atoms with Crippen molar-refractivity contribution in [1.82, 2.24) is 19.9 Å². The van der Waals surface area contributed by atoms with E-state index in [4.69, 9.17) is 19.2 Å². The van der Waals surface area contributed by atoms with Crippen LogP contribution in [0.15, 0.2) is 72.1 Å². The number of hydrogen-bond acceptors (Lipinski definition) is 9. The topological polar surface area (TPSA) is 125 Å². The third-order valence-electron chi connectivity index (χ3n) is 7.17. The summed E-state index contributed by atoms with van der Waals surface area (Å²) in [4.78, 5) is 17.6. The minimum absolute atomic E-state index is 0.0236. The molecule has 5 rings (SSSR count). The van der Waals surface area contributed by atoms with Crippen LogP contribution in [0.5, 0.6) is 23.1 Å². The van der Waals surface area contributed by atoms with E-state index in [1.165, 1.54) is 19.6 Å². The lowest BCUT2D eigenvalue weighted by molar-refractivity contribution is 0.197. The van der Waals surface area contributed by atoms with Crippen LogP contribution in [-0.4, -0.2) is 42.1 Å². The number of methoxy groups -OCH3 is 1. The molecule has 3 aromatic heterocycles. The number of hydrogen-bond donors (Lipinski definition) is 1. The van der Waals surface area contributed by atoms with E-state index in [0.717, 1.165) is 31.2 Å². The number of rotatable bonds is 11. The molecule has 3 heterocycles. The summed E-state index contributed by atoms with van der Waals surface area (Å²) in [5.74, 6) is 1.68. The zero-order valence-electron chi connectivity index (χ0n) is 24.0. The van der Waals surface area contributed by atoms with Crippen LogP contribution in [0.4, 0.5) is 5.82 Å². The maximum Gasteiger partial charge on any atom is 0.280 e. The van der Waals surface area contributed by atoms with E-state index in [1.54, 1.807) is 55.0 Å². The summed E-state index contributed by atoms with van der Waals surface area (Å²) < 4.78 is 47.9. The number of sulfonamides is 1. The zero-order valence-corrected chi connectivity index (χ0v) is 24.8. The first-order valence-corrected chi connectivity index (χ1v) is 15.6. The molecule has 1 saturated carbocycles. The van der Waals surface area contributed by atoms with Gasteiger partial charge in [-0.15, -0.1) is 0 Å². The molecule has 0 bridgehead atoms. The van der Waals surface area contributed by atoms with Gasteiger partial charge in [0.2, 0.25) is 5.75 Å². The van der Waals surface area contributed by atoms with Crippen LogP contribution in [0.25, 0.3) is 11.4 Å². The van der Waals surface area contributed by atoms with Gasteiger partial charge >= 0.3 is 0 Å². The Labute approximate surface area is 246 Å². The predicted octanol–water partition coefficient (Wildman–Crippen LogP) is 6.62. The highest BCUT2D eigenvalue weighted by Crippen LogP contribution is 2.42. The van der Waals surface area contributed by atoms with Crippen LogP contribution in [0.3, 0.4) is 0 Å². The molecule has 1 fully saturated rings. The highest BCUT2D eigenvalue weighted by Gasteiger charge is 2.27. The van der Waals surface area contributed by atoms with E-state index in [-0.39, 0.29) is 34.2 Å². The van der Waals surface area contributed by atoms with Crippen molar-refractivity contribution >= 4 is 15.8 Å². The molecule has 42 heavy (non-hydrogen) atoms. The van der Waals surface area contributed by atoms with E-state index in [9.17, 15) is 8.42 Å². The van der Waals surface area contributed by atoms with Gasteiger partial charge in [0.05, 0.1) is 13.7 Å². The third kappa shape index (κ3) is 6.96. The Morgan fingerprint density at radius 1 is 0.952 bits per heavy atom. The highest BCUT2D eigenvalue weighted by molar-refractivity contribution is 7.92. The fourth-order valence-electron chi connectivity index (χ4n) is 4.75. The third-order valence-corrected chi connectivity index (χ3v) is 8.42. The van der Waals surface area contributed by atoms with Crippen LogP contribution >= 0.6 is 0 Å². The molecule has 220 valence electrons. The summed E-state index contributed by atoms with van der Waals surface area (Å²) >= 11 is 0. The van der Waals surface area contributed by atoms with Crippen LogP contribution in [0, 0.1) is 5.92 Å². The van der Waals surface area contributed by atoms with Gasteiger partial charge in [0.1, 0.15) is 0 Å². The molecule has 11 heteroatoms. The molecule has 1 aromatic carbocycles. The van der Waals surface area contributed by atoms with E-state index in [0.29, 0.717) is 29.6 Å². The highest BCUT2D eigenvalue weighted by atomic mass is 32.2. The van der Waals surface area contributed by atoms with Crippen molar-refractivity contribution in [3.63, 3.8) is 0 Å². The second-order valence-corrected chi connectivity index (χ2v) is 12.2. The summed E-state index contributed by atoms with van der Waals surface area (Å²) in [7, 11) is -2.64. The van der Waals surface area contributed by atoms with Crippen molar-refractivity contribution in [3.05, 3.63) is 72.7 Å². The molecule has 0 amide bonds. The molecule has 1 aliphatic carbocycles. The first kappa shape index (κ1) is 29.2. The fraction of sp³-hybridized carbons (Fsp3) is 0.355. The van der Waals surface area contributed by atoms with Crippen LogP contribution in [0.2, 0.25) is 0 Å². The summed E-state index contributed by atoms with van der Waals surface area (Å²) in [6.07, 6.45) is 10.4. The zero-order chi connectivity index (χ0) is 29.5. The van der Waals surface area contributed by atoms with Gasteiger partial charge in [-0.3, -0.25) is 9.71 Å². The van der Waals surface area contributed by atoms with Crippen molar-refractivity contribution in [2.75, 3.05) is 18.4 Å². The van der Waals surface area contributed by atoms with Gasteiger partial charge < -0.3 is 14.2 Å². The summed E-state index contributed by atoms with van der Waals surface area (Å²) in [5.41, 5.74) is 1.56. The molecule has 0 saturated heterocycles. The van der Waals surface area contributed by atoms with Gasteiger partial charge in [-0.1, -0.05) is 51.3 Å². The molecule has 10 nitrogen and oxygen atoms in total. The average Bonchev–Trinajstić information content (AvgIpc) is 3.02. The largest absolute Gasteiger partial charge is 0.493 e. The predicted molar refractivity (Wildman–Crippen MR) is 160 cm³/mol. The minimum Gasteiger partial charge on any atom is -0.493 e. The van der Waals surface area contributed by atoms with E-state index in [2.05, 4.69) is 19.7 Å². The number of benzene rings is 1. The van der Waals surface area contributed by atoms with Crippen LogP contribution < -0.4 is 18.9 Å². The molecule has 1 N–H and O–H groups in total. The molecular weight excluding hydrogens is 554 g/mol. The summed E-state index contributed by atoms with van der Waals surface area (Å²) in [6.45, 7) is 4.45. The molecule has 4 aromatic rings.